The van der Waals surface area contributed by atoms with E-state index >= 15 is 0 Å². The van der Waals surface area contributed by atoms with Gasteiger partial charge in [-0.25, -0.2) is 0 Å². The Balaban J connectivity index is 1.29. The number of carbonyl (C=O) groups excluding carboxylic acids is 1. The van der Waals surface area contributed by atoms with Crippen molar-refractivity contribution in [1.29, 1.82) is 0 Å². The molecular weight excluding hydrogens is 352 g/mol. The Hall–Kier alpha value is -2.69. The Morgan fingerprint density at radius 1 is 0.964 bits per heavy atom. The third kappa shape index (κ3) is 4.08. The maximum absolute atomic E-state index is 12.6. The van der Waals surface area contributed by atoms with Crippen molar-refractivity contribution in [3.63, 3.8) is 0 Å². The zero-order valence-corrected chi connectivity index (χ0v) is 16.5. The van der Waals surface area contributed by atoms with Crippen LogP contribution < -0.4 is 14.4 Å². The SMILES string of the molecule is CCOc1ccccc1N1CCN(C(=O)COc2ccc3c(c2)CCC3)CC1. The van der Waals surface area contributed by atoms with Crippen molar-refractivity contribution >= 4 is 11.6 Å². The number of ether oxygens (including phenoxy) is 2. The van der Waals surface area contributed by atoms with E-state index in [0.717, 1.165) is 43.1 Å². The number of hydrogen-bond donors (Lipinski definition) is 0. The zero-order chi connectivity index (χ0) is 19.3. The molecule has 1 fully saturated rings. The van der Waals surface area contributed by atoms with Crippen molar-refractivity contribution in [2.24, 2.45) is 0 Å². The van der Waals surface area contributed by atoms with E-state index in [1.165, 1.54) is 17.5 Å². The fourth-order valence-corrected chi connectivity index (χ4v) is 4.07. The molecule has 0 atom stereocenters. The Morgan fingerprint density at radius 2 is 1.75 bits per heavy atom. The fraction of sp³-hybridized carbons (Fsp3) is 0.435. The number of carbonyl (C=O) groups is 1. The molecule has 5 nitrogen and oxygen atoms in total. The summed E-state index contributed by atoms with van der Waals surface area (Å²) in [6.45, 7) is 5.75. The molecule has 0 aromatic heterocycles. The second-order valence-corrected chi connectivity index (χ2v) is 7.34. The van der Waals surface area contributed by atoms with E-state index in [-0.39, 0.29) is 12.5 Å². The number of fused-ring (bicyclic) bond motifs is 1. The van der Waals surface area contributed by atoms with Crippen LogP contribution in [0.5, 0.6) is 11.5 Å². The summed E-state index contributed by atoms with van der Waals surface area (Å²) in [7, 11) is 0. The number of amides is 1. The number of anilines is 1. The molecule has 148 valence electrons. The molecule has 2 aliphatic rings. The van der Waals surface area contributed by atoms with Crippen LogP contribution in [-0.4, -0.2) is 50.2 Å². The van der Waals surface area contributed by atoms with Crippen LogP contribution >= 0.6 is 0 Å². The second kappa shape index (κ2) is 8.55. The second-order valence-electron chi connectivity index (χ2n) is 7.34. The number of rotatable bonds is 6. The highest BCUT2D eigenvalue weighted by atomic mass is 16.5. The quantitative estimate of drug-likeness (QED) is 0.771. The summed E-state index contributed by atoms with van der Waals surface area (Å²) in [5.41, 5.74) is 3.89. The monoisotopic (exact) mass is 380 g/mol. The van der Waals surface area contributed by atoms with Crippen LogP contribution in [0.2, 0.25) is 0 Å². The average molecular weight is 380 g/mol. The molecule has 2 aromatic carbocycles. The fourth-order valence-electron chi connectivity index (χ4n) is 4.07. The molecule has 1 aliphatic heterocycles. The van der Waals surface area contributed by atoms with Crippen molar-refractivity contribution in [3.8, 4) is 11.5 Å². The van der Waals surface area contributed by atoms with E-state index in [4.69, 9.17) is 9.47 Å². The molecule has 1 amide bonds. The first kappa shape index (κ1) is 18.7. The van der Waals surface area contributed by atoms with E-state index in [2.05, 4.69) is 23.1 Å². The van der Waals surface area contributed by atoms with Crippen molar-refractivity contribution in [2.75, 3.05) is 44.3 Å². The maximum atomic E-state index is 12.6. The minimum absolute atomic E-state index is 0.0539. The Morgan fingerprint density at radius 3 is 2.57 bits per heavy atom. The lowest BCUT2D eigenvalue weighted by atomic mass is 10.1. The number of benzene rings is 2. The van der Waals surface area contributed by atoms with Crippen molar-refractivity contribution < 1.29 is 14.3 Å². The van der Waals surface area contributed by atoms with Crippen LogP contribution in [0.3, 0.4) is 0 Å². The first-order valence-corrected chi connectivity index (χ1v) is 10.2. The highest BCUT2D eigenvalue weighted by Crippen LogP contribution is 2.29. The number of piperazine rings is 1. The predicted molar refractivity (Wildman–Crippen MR) is 110 cm³/mol. The van der Waals surface area contributed by atoms with Crippen molar-refractivity contribution in [1.82, 2.24) is 4.90 Å². The first-order valence-electron chi connectivity index (χ1n) is 10.2. The number of nitrogens with zero attached hydrogens (tertiary/aromatic N) is 2. The number of hydrogen-bond acceptors (Lipinski definition) is 4. The molecular formula is C23H28N2O3. The van der Waals surface area contributed by atoms with E-state index in [9.17, 15) is 4.79 Å². The summed E-state index contributed by atoms with van der Waals surface area (Å²) >= 11 is 0. The van der Waals surface area contributed by atoms with Gasteiger partial charge in [0, 0.05) is 26.2 Å². The molecule has 5 heteroatoms. The Labute approximate surface area is 166 Å². The van der Waals surface area contributed by atoms with E-state index < -0.39 is 0 Å². The summed E-state index contributed by atoms with van der Waals surface area (Å²) in [6, 6.07) is 14.3. The minimum Gasteiger partial charge on any atom is -0.492 e. The van der Waals surface area contributed by atoms with Gasteiger partial charge in [-0.3, -0.25) is 4.79 Å². The molecule has 0 spiro atoms. The van der Waals surface area contributed by atoms with Gasteiger partial charge in [0.1, 0.15) is 11.5 Å². The number of aryl methyl sites for hydroxylation is 2. The smallest absolute Gasteiger partial charge is 0.260 e. The largest absolute Gasteiger partial charge is 0.492 e. The molecule has 1 heterocycles. The summed E-state index contributed by atoms with van der Waals surface area (Å²) in [4.78, 5) is 16.8. The molecule has 0 N–H and O–H groups in total. The third-order valence-electron chi connectivity index (χ3n) is 5.57. The van der Waals surface area contributed by atoms with Crippen LogP contribution in [0.1, 0.15) is 24.5 Å². The highest BCUT2D eigenvalue weighted by molar-refractivity contribution is 5.78. The van der Waals surface area contributed by atoms with Gasteiger partial charge in [0.25, 0.3) is 5.91 Å². The molecule has 28 heavy (non-hydrogen) atoms. The van der Waals surface area contributed by atoms with Gasteiger partial charge < -0.3 is 19.3 Å². The Bertz CT molecular complexity index is 828. The van der Waals surface area contributed by atoms with Gasteiger partial charge in [-0.1, -0.05) is 18.2 Å². The van der Waals surface area contributed by atoms with Gasteiger partial charge in [0.05, 0.1) is 12.3 Å². The summed E-state index contributed by atoms with van der Waals surface area (Å²) in [5.74, 6) is 1.77. The highest BCUT2D eigenvalue weighted by Gasteiger charge is 2.23. The molecule has 4 rings (SSSR count). The topological polar surface area (TPSA) is 42.0 Å². The van der Waals surface area contributed by atoms with Crippen LogP contribution in [0.4, 0.5) is 5.69 Å². The van der Waals surface area contributed by atoms with Gasteiger partial charge in [-0.2, -0.15) is 0 Å². The number of para-hydroxylation sites is 2. The summed E-state index contributed by atoms with van der Waals surface area (Å²) in [5, 5.41) is 0. The maximum Gasteiger partial charge on any atom is 0.260 e. The lowest BCUT2D eigenvalue weighted by molar-refractivity contribution is -0.133. The van der Waals surface area contributed by atoms with Crippen LogP contribution in [0.25, 0.3) is 0 Å². The van der Waals surface area contributed by atoms with Gasteiger partial charge in [0.2, 0.25) is 0 Å². The normalized spacial score (nSPS) is 16.0. The molecule has 1 aliphatic carbocycles. The van der Waals surface area contributed by atoms with Crippen molar-refractivity contribution in [2.45, 2.75) is 26.2 Å². The first-order chi connectivity index (χ1) is 13.7. The minimum atomic E-state index is 0.0539. The molecule has 0 saturated carbocycles. The van der Waals surface area contributed by atoms with Crippen molar-refractivity contribution in [3.05, 3.63) is 53.6 Å². The van der Waals surface area contributed by atoms with Gasteiger partial charge in [0.15, 0.2) is 6.61 Å². The summed E-state index contributed by atoms with van der Waals surface area (Å²) in [6.07, 6.45) is 3.49. The predicted octanol–water partition coefficient (Wildman–Crippen LogP) is 3.30. The van der Waals surface area contributed by atoms with E-state index in [0.29, 0.717) is 19.7 Å². The van der Waals surface area contributed by atoms with E-state index in [1.54, 1.807) is 0 Å². The van der Waals surface area contributed by atoms with Gasteiger partial charge in [-0.15, -0.1) is 0 Å². The van der Waals surface area contributed by atoms with E-state index in [1.807, 2.05) is 36.1 Å². The molecule has 0 unspecified atom stereocenters. The molecule has 2 aromatic rings. The molecule has 0 bridgehead atoms. The lowest BCUT2D eigenvalue weighted by Gasteiger charge is -2.36. The Kier molecular flexibility index (Phi) is 5.70. The van der Waals surface area contributed by atoms with Crippen LogP contribution in [-0.2, 0) is 17.6 Å². The summed E-state index contributed by atoms with van der Waals surface area (Å²) < 4.78 is 11.5. The van der Waals surface area contributed by atoms with Crippen LogP contribution in [0, 0.1) is 0 Å². The van der Waals surface area contributed by atoms with Crippen LogP contribution in [0.15, 0.2) is 42.5 Å². The van der Waals surface area contributed by atoms with Gasteiger partial charge in [-0.05, 0) is 61.6 Å². The zero-order valence-electron chi connectivity index (χ0n) is 16.5. The lowest BCUT2D eigenvalue weighted by Crippen LogP contribution is -2.50. The standard InChI is InChI=1S/C23H28N2O3/c1-2-27-22-9-4-3-8-21(22)24-12-14-25(15-13-24)23(26)17-28-20-11-10-18-6-5-7-19(18)16-20/h3-4,8-11,16H,2,5-7,12-15,17H2,1H3. The average Bonchev–Trinajstić information content (AvgIpc) is 3.21. The molecule has 0 radical (unpaired) electrons. The van der Waals surface area contributed by atoms with Gasteiger partial charge >= 0.3 is 0 Å². The third-order valence-corrected chi connectivity index (χ3v) is 5.57. The molecule has 1 saturated heterocycles.